The summed E-state index contributed by atoms with van der Waals surface area (Å²) in [7, 11) is 0. The summed E-state index contributed by atoms with van der Waals surface area (Å²) in [6.45, 7) is 3.06. The minimum Gasteiger partial charge on any atom is -0.494 e. The van der Waals surface area contributed by atoms with Crippen LogP contribution in [0.15, 0.2) is 18.2 Å². The molecule has 2 nitrogen and oxygen atoms in total. The SMILES string of the molecule is CCOc1cc(Cl)cc(CN)c1. The van der Waals surface area contributed by atoms with Crippen LogP contribution in [0.25, 0.3) is 0 Å². The van der Waals surface area contributed by atoms with Crippen LogP contribution in [0.2, 0.25) is 5.02 Å². The van der Waals surface area contributed by atoms with E-state index < -0.39 is 0 Å². The van der Waals surface area contributed by atoms with Crippen LogP contribution in [-0.2, 0) is 6.54 Å². The highest BCUT2D eigenvalue weighted by Crippen LogP contribution is 2.20. The summed E-state index contributed by atoms with van der Waals surface area (Å²) < 4.78 is 5.29. The first-order valence-corrected chi connectivity index (χ1v) is 4.26. The molecule has 0 spiro atoms. The number of rotatable bonds is 3. The standard InChI is InChI=1S/C9H12ClNO/c1-2-12-9-4-7(6-11)3-8(10)5-9/h3-5H,2,6,11H2,1H3. The van der Waals surface area contributed by atoms with E-state index in [0.717, 1.165) is 11.3 Å². The van der Waals surface area contributed by atoms with Crippen molar-refractivity contribution in [3.05, 3.63) is 28.8 Å². The maximum atomic E-state index is 5.83. The Kier molecular flexibility index (Phi) is 3.38. The van der Waals surface area contributed by atoms with E-state index in [2.05, 4.69) is 0 Å². The smallest absolute Gasteiger partial charge is 0.121 e. The van der Waals surface area contributed by atoms with Crippen LogP contribution in [0, 0.1) is 0 Å². The van der Waals surface area contributed by atoms with Gasteiger partial charge >= 0.3 is 0 Å². The van der Waals surface area contributed by atoms with Crippen molar-refractivity contribution in [2.75, 3.05) is 6.61 Å². The van der Waals surface area contributed by atoms with Crippen molar-refractivity contribution in [2.24, 2.45) is 5.73 Å². The van der Waals surface area contributed by atoms with E-state index in [-0.39, 0.29) is 0 Å². The molecule has 66 valence electrons. The third-order valence-corrected chi connectivity index (χ3v) is 1.70. The minimum atomic E-state index is 0.487. The van der Waals surface area contributed by atoms with Gasteiger partial charge in [0.25, 0.3) is 0 Å². The second kappa shape index (κ2) is 4.33. The molecule has 0 aliphatic heterocycles. The highest BCUT2D eigenvalue weighted by atomic mass is 35.5. The zero-order valence-corrected chi connectivity index (χ0v) is 7.77. The monoisotopic (exact) mass is 185 g/mol. The van der Waals surface area contributed by atoms with E-state index >= 15 is 0 Å². The largest absolute Gasteiger partial charge is 0.494 e. The van der Waals surface area contributed by atoms with Gasteiger partial charge in [-0.1, -0.05) is 11.6 Å². The summed E-state index contributed by atoms with van der Waals surface area (Å²) >= 11 is 5.83. The highest BCUT2D eigenvalue weighted by Gasteiger charge is 1.97. The Morgan fingerprint density at radius 1 is 1.42 bits per heavy atom. The van der Waals surface area contributed by atoms with E-state index in [0.29, 0.717) is 18.2 Å². The topological polar surface area (TPSA) is 35.2 Å². The van der Waals surface area contributed by atoms with Gasteiger partial charge < -0.3 is 10.5 Å². The lowest BCUT2D eigenvalue weighted by Crippen LogP contribution is -1.98. The normalized spacial score (nSPS) is 9.92. The molecule has 0 saturated heterocycles. The molecular weight excluding hydrogens is 174 g/mol. The van der Waals surface area contributed by atoms with E-state index in [4.69, 9.17) is 22.1 Å². The molecule has 12 heavy (non-hydrogen) atoms. The summed E-state index contributed by atoms with van der Waals surface area (Å²) in [4.78, 5) is 0. The van der Waals surface area contributed by atoms with Gasteiger partial charge in [0.2, 0.25) is 0 Å². The molecule has 1 aromatic rings. The number of hydrogen-bond donors (Lipinski definition) is 1. The molecule has 0 bridgehead atoms. The Morgan fingerprint density at radius 3 is 2.75 bits per heavy atom. The van der Waals surface area contributed by atoms with Gasteiger partial charge in [-0.15, -0.1) is 0 Å². The molecule has 0 fully saturated rings. The summed E-state index contributed by atoms with van der Waals surface area (Å²) in [6, 6.07) is 5.52. The zero-order chi connectivity index (χ0) is 8.97. The van der Waals surface area contributed by atoms with Crippen molar-refractivity contribution in [1.82, 2.24) is 0 Å². The van der Waals surface area contributed by atoms with Gasteiger partial charge in [-0.2, -0.15) is 0 Å². The number of nitrogens with two attached hydrogens (primary N) is 1. The van der Waals surface area contributed by atoms with Crippen LogP contribution in [0.3, 0.4) is 0 Å². The molecule has 0 saturated carbocycles. The predicted molar refractivity (Wildman–Crippen MR) is 50.5 cm³/mol. The zero-order valence-electron chi connectivity index (χ0n) is 7.01. The second-order valence-electron chi connectivity index (χ2n) is 2.43. The van der Waals surface area contributed by atoms with Gasteiger partial charge in [0.15, 0.2) is 0 Å². The summed E-state index contributed by atoms with van der Waals surface area (Å²) in [6.07, 6.45) is 0. The molecule has 0 aromatic heterocycles. The van der Waals surface area contributed by atoms with Gasteiger partial charge in [0, 0.05) is 11.6 Å². The molecule has 0 aliphatic rings. The van der Waals surface area contributed by atoms with Gasteiger partial charge in [0.05, 0.1) is 6.61 Å². The van der Waals surface area contributed by atoms with Crippen LogP contribution in [0.4, 0.5) is 0 Å². The second-order valence-corrected chi connectivity index (χ2v) is 2.87. The lowest BCUT2D eigenvalue weighted by molar-refractivity contribution is 0.340. The Balaban J connectivity index is 2.90. The summed E-state index contributed by atoms with van der Waals surface area (Å²) in [5.74, 6) is 0.783. The fraction of sp³-hybridized carbons (Fsp3) is 0.333. The van der Waals surface area contributed by atoms with Gasteiger partial charge in [0.1, 0.15) is 5.75 Å². The lowest BCUT2D eigenvalue weighted by atomic mass is 10.2. The van der Waals surface area contributed by atoms with Gasteiger partial charge in [-0.3, -0.25) is 0 Å². The number of halogens is 1. The predicted octanol–water partition coefficient (Wildman–Crippen LogP) is 2.20. The molecule has 2 N–H and O–H groups in total. The molecule has 0 unspecified atom stereocenters. The summed E-state index contributed by atoms with van der Waals surface area (Å²) in [5.41, 5.74) is 6.46. The summed E-state index contributed by atoms with van der Waals surface area (Å²) in [5, 5.41) is 0.668. The Hall–Kier alpha value is -0.730. The maximum absolute atomic E-state index is 5.83. The lowest BCUT2D eigenvalue weighted by Gasteiger charge is -2.05. The molecule has 3 heteroatoms. The Bertz CT molecular complexity index is 263. The van der Waals surface area contributed by atoms with E-state index in [1.54, 1.807) is 6.07 Å². The molecule has 0 aliphatic carbocycles. The van der Waals surface area contributed by atoms with Crippen LogP contribution in [-0.4, -0.2) is 6.61 Å². The van der Waals surface area contributed by atoms with E-state index in [1.807, 2.05) is 19.1 Å². The van der Waals surface area contributed by atoms with Crippen molar-refractivity contribution in [3.8, 4) is 5.75 Å². The van der Waals surface area contributed by atoms with Crippen molar-refractivity contribution in [2.45, 2.75) is 13.5 Å². The van der Waals surface area contributed by atoms with Crippen molar-refractivity contribution in [3.63, 3.8) is 0 Å². The minimum absolute atomic E-state index is 0.487. The molecule has 0 radical (unpaired) electrons. The van der Waals surface area contributed by atoms with Crippen LogP contribution >= 0.6 is 11.6 Å². The maximum Gasteiger partial charge on any atom is 0.121 e. The fourth-order valence-corrected chi connectivity index (χ4v) is 1.24. The molecule has 1 rings (SSSR count). The number of benzene rings is 1. The van der Waals surface area contributed by atoms with Crippen LogP contribution in [0.5, 0.6) is 5.75 Å². The average Bonchev–Trinajstić information content (AvgIpc) is 2.04. The molecule has 1 aromatic carbocycles. The van der Waals surface area contributed by atoms with Crippen molar-refractivity contribution in [1.29, 1.82) is 0 Å². The molecular formula is C9H12ClNO. The quantitative estimate of drug-likeness (QED) is 0.784. The fourth-order valence-electron chi connectivity index (χ4n) is 0.989. The van der Waals surface area contributed by atoms with Gasteiger partial charge in [-0.05, 0) is 30.7 Å². The molecule has 0 atom stereocenters. The number of ether oxygens (including phenoxy) is 1. The number of hydrogen-bond acceptors (Lipinski definition) is 2. The van der Waals surface area contributed by atoms with Gasteiger partial charge in [-0.25, -0.2) is 0 Å². The molecule has 0 heterocycles. The first-order valence-electron chi connectivity index (χ1n) is 3.88. The van der Waals surface area contributed by atoms with E-state index in [1.165, 1.54) is 0 Å². The molecule has 0 amide bonds. The van der Waals surface area contributed by atoms with Crippen LogP contribution < -0.4 is 10.5 Å². The first kappa shape index (κ1) is 9.36. The third-order valence-electron chi connectivity index (χ3n) is 1.48. The Morgan fingerprint density at radius 2 is 2.17 bits per heavy atom. The van der Waals surface area contributed by atoms with Crippen LogP contribution in [0.1, 0.15) is 12.5 Å². The first-order chi connectivity index (χ1) is 5.76. The average molecular weight is 186 g/mol. The van der Waals surface area contributed by atoms with Crippen molar-refractivity contribution >= 4 is 11.6 Å². The van der Waals surface area contributed by atoms with E-state index in [9.17, 15) is 0 Å². The van der Waals surface area contributed by atoms with Crippen molar-refractivity contribution < 1.29 is 4.74 Å². The third kappa shape index (κ3) is 2.40. The Labute approximate surface area is 77.3 Å². The highest BCUT2D eigenvalue weighted by molar-refractivity contribution is 6.30.